The van der Waals surface area contributed by atoms with Crippen LogP contribution in [0.25, 0.3) is 0 Å². The lowest BCUT2D eigenvalue weighted by atomic mass is 9.75. The predicted molar refractivity (Wildman–Crippen MR) is 70.5 cm³/mol. The molecule has 2 saturated carbocycles. The summed E-state index contributed by atoms with van der Waals surface area (Å²) in [7, 11) is 0. The molecule has 102 valence electrons. The standard InChI is InChI=1S/C15H25NO2/c17-14(11-16-13-4-5-13)12-6-9-18-15(10-12)7-2-1-3-8-15/h12-13,16H,1-11H2. The summed E-state index contributed by atoms with van der Waals surface area (Å²) in [4.78, 5) is 12.2. The third-order valence-corrected chi connectivity index (χ3v) is 4.86. The summed E-state index contributed by atoms with van der Waals surface area (Å²) in [6.07, 6.45) is 10.7. The van der Waals surface area contributed by atoms with Crippen LogP contribution in [-0.2, 0) is 9.53 Å². The molecule has 1 N–H and O–H groups in total. The van der Waals surface area contributed by atoms with Gasteiger partial charge in [-0.2, -0.15) is 0 Å². The van der Waals surface area contributed by atoms with Gasteiger partial charge in [0.1, 0.15) is 5.78 Å². The molecule has 3 heteroatoms. The lowest BCUT2D eigenvalue weighted by molar-refractivity contribution is -0.142. The van der Waals surface area contributed by atoms with E-state index in [1.807, 2.05) is 0 Å². The van der Waals surface area contributed by atoms with Crippen molar-refractivity contribution in [3.05, 3.63) is 0 Å². The van der Waals surface area contributed by atoms with E-state index in [0.717, 1.165) is 19.4 Å². The van der Waals surface area contributed by atoms with Gasteiger partial charge in [-0.25, -0.2) is 0 Å². The van der Waals surface area contributed by atoms with Crippen LogP contribution in [0.2, 0.25) is 0 Å². The first kappa shape index (κ1) is 12.6. The van der Waals surface area contributed by atoms with Crippen LogP contribution in [-0.4, -0.2) is 30.6 Å². The number of ether oxygens (including phenoxy) is 1. The first-order chi connectivity index (χ1) is 8.77. The second-order valence-corrected chi connectivity index (χ2v) is 6.40. The van der Waals surface area contributed by atoms with E-state index in [-0.39, 0.29) is 11.5 Å². The largest absolute Gasteiger partial charge is 0.375 e. The van der Waals surface area contributed by atoms with E-state index in [2.05, 4.69) is 5.32 Å². The van der Waals surface area contributed by atoms with Crippen LogP contribution in [0.5, 0.6) is 0 Å². The molecule has 0 aromatic carbocycles. The highest BCUT2D eigenvalue weighted by molar-refractivity contribution is 5.83. The Labute approximate surface area is 110 Å². The Morgan fingerprint density at radius 2 is 1.94 bits per heavy atom. The fourth-order valence-corrected chi connectivity index (χ4v) is 3.52. The summed E-state index contributed by atoms with van der Waals surface area (Å²) in [5.41, 5.74) is 0.0659. The minimum Gasteiger partial charge on any atom is -0.375 e. The lowest BCUT2D eigenvalue weighted by Gasteiger charge is -2.43. The van der Waals surface area contributed by atoms with Gasteiger partial charge in [0.05, 0.1) is 12.1 Å². The van der Waals surface area contributed by atoms with Gasteiger partial charge in [0.25, 0.3) is 0 Å². The normalized spacial score (nSPS) is 31.4. The molecule has 2 aliphatic carbocycles. The molecule has 1 atom stereocenters. The van der Waals surface area contributed by atoms with Crippen molar-refractivity contribution in [1.29, 1.82) is 0 Å². The maximum Gasteiger partial charge on any atom is 0.149 e. The Balaban J connectivity index is 1.53. The van der Waals surface area contributed by atoms with Crippen LogP contribution < -0.4 is 5.32 Å². The van der Waals surface area contributed by atoms with Crippen molar-refractivity contribution in [1.82, 2.24) is 5.32 Å². The zero-order valence-corrected chi connectivity index (χ0v) is 11.2. The van der Waals surface area contributed by atoms with Gasteiger partial charge in [0.2, 0.25) is 0 Å². The van der Waals surface area contributed by atoms with Crippen molar-refractivity contribution in [3.63, 3.8) is 0 Å². The first-order valence-electron chi connectivity index (χ1n) is 7.68. The van der Waals surface area contributed by atoms with Crippen molar-refractivity contribution < 1.29 is 9.53 Å². The van der Waals surface area contributed by atoms with Gasteiger partial charge in [-0.3, -0.25) is 4.79 Å². The number of rotatable bonds is 4. The summed E-state index contributed by atoms with van der Waals surface area (Å²) >= 11 is 0. The van der Waals surface area contributed by atoms with Gasteiger partial charge in [0, 0.05) is 18.6 Å². The number of nitrogens with one attached hydrogen (secondary N) is 1. The van der Waals surface area contributed by atoms with Gasteiger partial charge in [-0.05, 0) is 38.5 Å². The van der Waals surface area contributed by atoms with Crippen molar-refractivity contribution in [2.45, 2.75) is 69.4 Å². The van der Waals surface area contributed by atoms with Crippen molar-refractivity contribution in [2.24, 2.45) is 5.92 Å². The quantitative estimate of drug-likeness (QED) is 0.834. The highest BCUT2D eigenvalue weighted by Crippen LogP contribution is 2.40. The van der Waals surface area contributed by atoms with E-state index in [1.54, 1.807) is 0 Å². The third kappa shape index (κ3) is 2.94. The molecule has 0 amide bonds. The van der Waals surface area contributed by atoms with E-state index < -0.39 is 0 Å². The Bertz CT molecular complexity index is 300. The molecule has 3 nitrogen and oxygen atoms in total. The number of carbonyl (C=O) groups is 1. The number of Topliss-reactive ketones (excluding diaryl/α,β-unsaturated/α-hetero) is 1. The maximum atomic E-state index is 12.2. The molecule has 0 radical (unpaired) electrons. The smallest absolute Gasteiger partial charge is 0.149 e. The summed E-state index contributed by atoms with van der Waals surface area (Å²) in [5.74, 6) is 0.679. The summed E-state index contributed by atoms with van der Waals surface area (Å²) < 4.78 is 6.05. The Hall–Kier alpha value is -0.410. The van der Waals surface area contributed by atoms with Gasteiger partial charge in [-0.15, -0.1) is 0 Å². The molecule has 1 aliphatic heterocycles. The Morgan fingerprint density at radius 3 is 2.67 bits per heavy atom. The van der Waals surface area contributed by atoms with Crippen molar-refractivity contribution in [2.75, 3.05) is 13.2 Å². The molecule has 1 spiro atoms. The van der Waals surface area contributed by atoms with Gasteiger partial charge >= 0.3 is 0 Å². The average Bonchev–Trinajstić information content (AvgIpc) is 3.21. The monoisotopic (exact) mass is 251 g/mol. The molecule has 0 bridgehead atoms. The molecule has 3 rings (SSSR count). The Kier molecular flexibility index (Phi) is 3.71. The number of hydrogen-bond donors (Lipinski definition) is 1. The summed E-state index contributed by atoms with van der Waals surface area (Å²) in [6, 6.07) is 0.637. The highest BCUT2D eigenvalue weighted by atomic mass is 16.5. The van der Waals surface area contributed by atoms with E-state index >= 15 is 0 Å². The van der Waals surface area contributed by atoms with E-state index in [4.69, 9.17) is 4.74 Å². The fourth-order valence-electron chi connectivity index (χ4n) is 3.52. The molecule has 1 saturated heterocycles. The number of hydrogen-bond acceptors (Lipinski definition) is 3. The van der Waals surface area contributed by atoms with Gasteiger partial charge < -0.3 is 10.1 Å². The van der Waals surface area contributed by atoms with Crippen LogP contribution in [0.1, 0.15) is 57.8 Å². The van der Waals surface area contributed by atoms with Crippen LogP contribution in [0.15, 0.2) is 0 Å². The van der Waals surface area contributed by atoms with Crippen LogP contribution in [0.4, 0.5) is 0 Å². The first-order valence-corrected chi connectivity index (χ1v) is 7.68. The average molecular weight is 251 g/mol. The third-order valence-electron chi connectivity index (χ3n) is 4.86. The summed E-state index contributed by atoms with van der Waals surface area (Å²) in [6.45, 7) is 1.38. The van der Waals surface area contributed by atoms with Crippen LogP contribution >= 0.6 is 0 Å². The predicted octanol–water partition coefficient (Wildman–Crippen LogP) is 2.44. The molecule has 1 unspecified atom stereocenters. The van der Waals surface area contributed by atoms with Gasteiger partial charge in [-0.1, -0.05) is 19.3 Å². The van der Waals surface area contributed by atoms with Crippen molar-refractivity contribution in [3.8, 4) is 0 Å². The number of carbonyl (C=O) groups excluding carboxylic acids is 1. The number of ketones is 1. The zero-order chi connectivity index (χ0) is 12.4. The zero-order valence-electron chi connectivity index (χ0n) is 11.2. The molecule has 1 heterocycles. The lowest BCUT2D eigenvalue weighted by Crippen LogP contribution is -2.45. The molecular formula is C15H25NO2. The van der Waals surface area contributed by atoms with Crippen LogP contribution in [0.3, 0.4) is 0 Å². The molecule has 3 fully saturated rings. The minimum absolute atomic E-state index is 0.0659. The van der Waals surface area contributed by atoms with Gasteiger partial charge in [0.15, 0.2) is 0 Å². The van der Waals surface area contributed by atoms with E-state index in [1.165, 1.54) is 44.9 Å². The van der Waals surface area contributed by atoms with E-state index in [9.17, 15) is 4.79 Å². The highest BCUT2D eigenvalue weighted by Gasteiger charge is 2.40. The SMILES string of the molecule is O=C(CNC1CC1)C1CCOC2(CCCCC2)C1. The molecule has 18 heavy (non-hydrogen) atoms. The molecule has 0 aromatic heterocycles. The molecule has 0 aromatic rings. The topological polar surface area (TPSA) is 38.3 Å². The van der Waals surface area contributed by atoms with Crippen molar-refractivity contribution >= 4 is 5.78 Å². The molecule has 3 aliphatic rings. The fraction of sp³-hybridized carbons (Fsp3) is 0.933. The maximum absolute atomic E-state index is 12.2. The second-order valence-electron chi connectivity index (χ2n) is 6.40. The molecular weight excluding hydrogens is 226 g/mol. The Morgan fingerprint density at radius 1 is 1.17 bits per heavy atom. The minimum atomic E-state index is 0.0659. The summed E-state index contributed by atoms with van der Waals surface area (Å²) in [5, 5.41) is 3.35. The second kappa shape index (κ2) is 5.30. The van der Waals surface area contributed by atoms with Crippen LogP contribution in [0, 0.1) is 5.92 Å². The van der Waals surface area contributed by atoms with E-state index in [0.29, 0.717) is 18.4 Å².